The molecular weight excluding hydrogens is 402 g/mol. The predicted molar refractivity (Wildman–Crippen MR) is 122 cm³/mol. The van der Waals surface area contributed by atoms with Gasteiger partial charge in [-0.05, 0) is 88.2 Å². The van der Waals surface area contributed by atoms with Crippen molar-refractivity contribution in [3.8, 4) is 0 Å². The minimum absolute atomic E-state index is 0.0604. The first-order chi connectivity index (χ1) is 15.2. The van der Waals surface area contributed by atoms with Gasteiger partial charge in [0.15, 0.2) is 0 Å². The number of hydrogen-bond donors (Lipinski definition) is 1. The van der Waals surface area contributed by atoms with Crippen LogP contribution < -0.4 is 5.32 Å². The molecule has 1 amide bonds. The molecule has 0 spiro atoms. The molecule has 1 N–H and O–H groups in total. The van der Waals surface area contributed by atoms with Crippen LogP contribution in [0.4, 0.5) is 0 Å². The first kappa shape index (κ1) is 21.5. The monoisotopic (exact) mass is 437 g/mol. The molecule has 6 heteroatoms. The van der Waals surface area contributed by atoms with Gasteiger partial charge >= 0.3 is 5.97 Å². The number of amides is 1. The van der Waals surface area contributed by atoms with Crippen molar-refractivity contribution in [1.82, 2.24) is 14.7 Å². The number of carbonyl (C=O) groups is 2. The molecule has 3 aliphatic rings. The third-order valence-electron chi connectivity index (χ3n) is 7.89. The largest absolute Gasteiger partial charge is 0.460 e. The molecule has 3 bridgehead atoms. The average Bonchev–Trinajstić information content (AvgIpc) is 3.11. The van der Waals surface area contributed by atoms with Crippen LogP contribution in [0, 0.1) is 23.2 Å². The summed E-state index contributed by atoms with van der Waals surface area (Å²) in [7, 11) is 0. The van der Waals surface area contributed by atoms with Gasteiger partial charge in [0.25, 0.3) is 5.91 Å². The highest BCUT2D eigenvalue weighted by molar-refractivity contribution is 5.93. The van der Waals surface area contributed by atoms with Crippen molar-refractivity contribution in [3.63, 3.8) is 0 Å². The maximum absolute atomic E-state index is 13.2. The Morgan fingerprint density at radius 1 is 1.16 bits per heavy atom. The minimum atomic E-state index is -0.530. The molecule has 0 saturated heterocycles. The van der Waals surface area contributed by atoms with E-state index < -0.39 is 5.60 Å². The van der Waals surface area contributed by atoms with Crippen LogP contribution in [-0.4, -0.2) is 33.4 Å². The van der Waals surface area contributed by atoms with Gasteiger partial charge in [0.2, 0.25) is 0 Å². The Morgan fingerprint density at radius 2 is 1.88 bits per heavy atom. The Bertz CT molecular complexity index is 1020. The van der Waals surface area contributed by atoms with Crippen LogP contribution in [0.5, 0.6) is 0 Å². The molecule has 6 nitrogen and oxygen atoms in total. The van der Waals surface area contributed by atoms with E-state index in [4.69, 9.17) is 4.74 Å². The Kier molecular flexibility index (Phi) is 5.30. The summed E-state index contributed by atoms with van der Waals surface area (Å²) in [5.74, 6) is 2.10. The Labute approximate surface area is 190 Å². The first-order valence-corrected chi connectivity index (χ1v) is 12.2. The van der Waals surface area contributed by atoms with E-state index in [0.29, 0.717) is 22.5 Å². The molecule has 0 aliphatic heterocycles. The van der Waals surface area contributed by atoms with Gasteiger partial charge in [0.1, 0.15) is 16.9 Å². The Balaban J connectivity index is 1.31. The fourth-order valence-corrected chi connectivity index (χ4v) is 6.77. The van der Waals surface area contributed by atoms with Gasteiger partial charge < -0.3 is 10.1 Å². The molecule has 3 fully saturated rings. The number of pyridine rings is 1. The predicted octanol–water partition coefficient (Wildman–Crippen LogP) is 4.55. The molecule has 2 aromatic rings. The topological polar surface area (TPSA) is 72.7 Å². The van der Waals surface area contributed by atoms with Crippen LogP contribution in [-0.2, 0) is 16.0 Å². The zero-order valence-corrected chi connectivity index (χ0v) is 19.5. The second-order valence-corrected chi connectivity index (χ2v) is 11.4. The van der Waals surface area contributed by atoms with E-state index in [0.717, 1.165) is 24.3 Å². The summed E-state index contributed by atoms with van der Waals surface area (Å²) in [4.78, 5) is 30.0. The lowest BCUT2D eigenvalue weighted by Crippen LogP contribution is -2.52. The Morgan fingerprint density at radius 3 is 2.56 bits per heavy atom. The van der Waals surface area contributed by atoms with Crippen LogP contribution in [0.2, 0.25) is 0 Å². The zero-order valence-electron chi connectivity index (χ0n) is 19.5. The third-order valence-corrected chi connectivity index (χ3v) is 7.89. The van der Waals surface area contributed by atoms with E-state index in [1.165, 1.54) is 44.9 Å². The summed E-state index contributed by atoms with van der Waals surface area (Å²) in [5, 5.41) is 3.29. The number of fused-ring (bicyclic) bond motifs is 3. The molecule has 0 aromatic carbocycles. The number of ether oxygens (including phenoxy) is 1. The van der Waals surface area contributed by atoms with Crippen molar-refractivity contribution in [2.75, 3.05) is 6.54 Å². The fourth-order valence-electron chi connectivity index (χ4n) is 6.77. The average molecular weight is 438 g/mol. The molecule has 3 saturated carbocycles. The first-order valence-electron chi connectivity index (χ1n) is 12.2. The summed E-state index contributed by atoms with van der Waals surface area (Å²) >= 11 is 0. The molecule has 3 aliphatic carbocycles. The van der Waals surface area contributed by atoms with E-state index in [2.05, 4.69) is 10.3 Å². The SMILES string of the molecule is CC(C)(C)OC(=O)Cc1cn2c(C(=O)NCC34CC5CCC3CCC(C5)C4)cccc2n1. The van der Waals surface area contributed by atoms with Crippen LogP contribution in [0.1, 0.15) is 81.9 Å². The highest BCUT2D eigenvalue weighted by Crippen LogP contribution is 2.59. The number of esters is 1. The van der Waals surface area contributed by atoms with E-state index in [9.17, 15) is 9.59 Å². The second-order valence-electron chi connectivity index (χ2n) is 11.4. The lowest BCUT2D eigenvalue weighted by molar-refractivity contribution is -0.153. The maximum atomic E-state index is 13.2. The summed E-state index contributed by atoms with van der Waals surface area (Å²) in [5.41, 5.74) is 1.61. The quantitative estimate of drug-likeness (QED) is 0.696. The molecule has 5 rings (SSSR count). The summed E-state index contributed by atoms with van der Waals surface area (Å²) in [6, 6.07) is 5.54. The fraction of sp³-hybridized carbons (Fsp3) is 0.654. The third kappa shape index (κ3) is 4.16. The highest BCUT2D eigenvalue weighted by Gasteiger charge is 2.51. The van der Waals surface area contributed by atoms with Crippen LogP contribution in [0.15, 0.2) is 24.4 Å². The van der Waals surface area contributed by atoms with Gasteiger partial charge in [0, 0.05) is 12.7 Å². The Hall–Kier alpha value is -2.37. The van der Waals surface area contributed by atoms with Gasteiger partial charge in [-0.2, -0.15) is 0 Å². The highest BCUT2D eigenvalue weighted by atomic mass is 16.6. The van der Waals surface area contributed by atoms with Crippen molar-refractivity contribution in [2.24, 2.45) is 23.2 Å². The number of nitrogens with one attached hydrogen (secondary N) is 1. The van der Waals surface area contributed by atoms with Gasteiger partial charge in [-0.3, -0.25) is 14.0 Å². The molecule has 172 valence electrons. The number of hydrogen-bond acceptors (Lipinski definition) is 4. The molecule has 2 heterocycles. The lowest BCUT2D eigenvalue weighted by Gasteiger charge is -2.57. The van der Waals surface area contributed by atoms with Crippen molar-refractivity contribution in [3.05, 3.63) is 35.8 Å². The summed E-state index contributed by atoms with van der Waals surface area (Å²) in [6.45, 7) is 6.33. The van der Waals surface area contributed by atoms with E-state index in [-0.39, 0.29) is 18.3 Å². The van der Waals surface area contributed by atoms with Crippen molar-refractivity contribution >= 4 is 17.5 Å². The van der Waals surface area contributed by atoms with Crippen LogP contribution in [0.25, 0.3) is 5.65 Å². The summed E-state index contributed by atoms with van der Waals surface area (Å²) in [6.07, 6.45) is 11.3. The molecule has 32 heavy (non-hydrogen) atoms. The lowest BCUT2D eigenvalue weighted by atomic mass is 9.49. The van der Waals surface area contributed by atoms with E-state index >= 15 is 0 Å². The number of rotatable bonds is 5. The van der Waals surface area contributed by atoms with Crippen molar-refractivity contribution in [2.45, 2.75) is 77.7 Å². The second kappa shape index (κ2) is 7.89. The van der Waals surface area contributed by atoms with Gasteiger partial charge in [0.05, 0.1) is 12.1 Å². The molecular formula is C26H35N3O3. The number of aromatic nitrogens is 2. The normalized spacial score (nSPS) is 29.2. The number of imidazole rings is 1. The standard InChI is InChI=1S/C26H35N3O3/c1-25(2,3)32-23(30)12-20-15-29-21(5-4-6-22(29)28-20)24(31)27-16-26-13-17-7-9-19(26)10-8-18(11-17)14-26/h4-6,15,17-19H,7-14,16H2,1-3H3,(H,27,31). The zero-order chi connectivity index (χ0) is 22.5. The smallest absolute Gasteiger partial charge is 0.312 e. The number of carbonyl (C=O) groups excluding carboxylic acids is 2. The van der Waals surface area contributed by atoms with Crippen LogP contribution >= 0.6 is 0 Å². The van der Waals surface area contributed by atoms with Gasteiger partial charge in [-0.25, -0.2) is 4.98 Å². The van der Waals surface area contributed by atoms with Crippen LogP contribution in [0.3, 0.4) is 0 Å². The van der Waals surface area contributed by atoms with E-state index in [1.54, 1.807) is 10.6 Å². The molecule has 2 atom stereocenters. The molecule has 0 radical (unpaired) electrons. The summed E-state index contributed by atoms with van der Waals surface area (Å²) < 4.78 is 7.21. The molecule has 2 unspecified atom stereocenters. The molecule has 2 aromatic heterocycles. The van der Waals surface area contributed by atoms with E-state index in [1.807, 2.05) is 39.0 Å². The minimum Gasteiger partial charge on any atom is -0.460 e. The maximum Gasteiger partial charge on any atom is 0.312 e. The number of nitrogens with zero attached hydrogens (tertiary/aromatic N) is 2. The van der Waals surface area contributed by atoms with Crippen molar-refractivity contribution in [1.29, 1.82) is 0 Å². The van der Waals surface area contributed by atoms with Gasteiger partial charge in [-0.1, -0.05) is 18.9 Å². The van der Waals surface area contributed by atoms with Gasteiger partial charge in [-0.15, -0.1) is 0 Å². The van der Waals surface area contributed by atoms with Crippen molar-refractivity contribution < 1.29 is 14.3 Å².